The fraction of sp³-hybridized carbons (Fsp3) is 0.267. The molecule has 0 spiro atoms. The standard InChI is InChI=1S/C30H24N6O4S2/c1-15-8-17(3)33-27(21(15)13-31)41-23-11-25(37)35(29(23)39)19-6-5-7-20(10-19)36-26(38)12-24(30(36)40)42-28-22(14-32)16(2)9-18(4)34-28/h5-10,23-24H,11-12H2,1-4H3/t23-,24-/m1/s1. The van der Waals surface area contributed by atoms with Crippen molar-refractivity contribution in [3.05, 3.63) is 70.0 Å². The van der Waals surface area contributed by atoms with Crippen LogP contribution in [0.1, 0.15) is 46.5 Å². The van der Waals surface area contributed by atoms with Crippen LogP contribution >= 0.6 is 23.5 Å². The van der Waals surface area contributed by atoms with Crippen molar-refractivity contribution in [1.29, 1.82) is 10.5 Å². The number of pyridine rings is 2. The van der Waals surface area contributed by atoms with E-state index in [0.29, 0.717) is 32.6 Å². The Hall–Kier alpha value is -4.52. The highest BCUT2D eigenvalue weighted by Gasteiger charge is 2.43. The molecule has 0 radical (unpaired) electrons. The number of hydrogen-bond donors (Lipinski definition) is 0. The van der Waals surface area contributed by atoms with Gasteiger partial charge in [-0.3, -0.25) is 19.2 Å². The number of nitrogens with zero attached hydrogens (tertiary/aromatic N) is 6. The molecule has 2 saturated heterocycles. The molecule has 0 unspecified atom stereocenters. The molecule has 42 heavy (non-hydrogen) atoms. The van der Waals surface area contributed by atoms with E-state index in [9.17, 15) is 29.7 Å². The van der Waals surface area contributed by atoms with Crippen molar-refractivity contribution in [1.82, 2.24) is 9.97 Å². The number of nitriles is 2. The van der Waals surface area contributed by atoms with Crippen molar-refractivity contribution in [2.45, 2.75) is 61.1 Å². The first kappa shape index (κ1) is 29.0. The van der Waals surface area contributed by atoms with Gasteiger partial charge in [0.2, 0.25) is 23.6 Å². The number of rotatable bonds is 6. The van der Waals surface area contributed by atoms with E-state index in [2.05, 4.69) is 22.1 Å². The van der Waals surface area contributed by atoms with Crippen LogP contribution in [-0.4, -0.2) is 44.1 Å². The van der Waals surface area contributed by atoms with Gasteiger partial charge in [0.15, 0.2) is 0 Å². The minimum absolute atomic E-state index is 0.0856. The third-order valence-corrected chi connectivity index (χ3v) is 9.25. The van der Waals surface area contributed by atoms with Gasteiger partial charge in [0.05, 0.1) is 33.0 Å². The van der Waals surface area contributed by atoms with E-state index < -0.39 is 34.1 Å². The smallest absolute Gasteiger partial charge is 0.247 e. The summed E-state index contributed by atoms with van der Waals surface area (Å²) in [6.45, 7) is 7.17. The Morgan fingerprint density at radius 1 is 0.714 bits per heavy atom. The van der Waals surface area contributed by atoms with Gasteiger partial charge in [-0.15, -0.1) is 0 Å². The number of hydrogen-bond acceptors (Lipinski definition) is 10. The van der Waals surface area contributed by atoms with Gasteiger partial charge in [-0.1, -0.05) is 29.6 Å². The second kappa shape index (κ2) is 11.4. The molecule has 3 aromatic rings. The van der Waals surface area contributed by atoms with Crippen molar-refractivity contribution < 1.29 is 19.2 Å². The first-order chi connectivity index (χ1) is 20.0. The molecule has 4 heterocycles. The first-order valence-electron chi connectivity index (χ1n) is 13.0. The summed E-state index contributed by atoms with van der Waals surface area (Å²) in [7, 11) is 0. The second-order valence-corrected chi connectivity index (χ2v) is 12.4. The van der Waals surface area contributed by atoms with Gasteiger partial charge in [-0.2, -0.15) is 10.5 Å². The van der Waals surface area contributed by atoms with Crippen molar-refractivity contribution in [3.63, 3.8) is 0 Å². The van der Waals surface area contributed by atoms with Gasteiger partial charge in [-0.05, 0) is 69.2 Å². The summed E-state index contributed by atoms with van der Waals surface area (Å²) in [6, 6.07) is 14.0. The van der Waals surface area contributed by atoms with Crippen molar-refractivity contribution in [2.24, 2.45) is 0 Å². The van der Waals surface area contributed by atoms with Gasteiger partial charge in [0, 0.05) is 24.2 Å². The minimum atomic E-state index is -0.780. The van der Waals surface area contributed by atoms with Crippen LogP contribution in [-0.2, 0) is 19.2 Å². The van der Waals surface area contributed by atoms with E-state index in [0.717, 1.165) is 44.5 Å². The van der Waals surface area contributed by atoms with Crippen LogP contribution in [0.15, 0.2) is 46.5 Å². The predicted molar refractivity (Wildman–Crippen MR) is 157 cm³/mol. The zero-order valence-electron chi connectivity index (χ0n) is 23.2. The number of thioether (sulfide) groups is 2. The fourth-order valence-electron chi connectivity index (χ4n) is 5.02. The van der Waals surface area contributed by atoms with E-state index in [1.165, 1.54) is 6.07 Å². The number of aryl methyl sites for hydroxylation is 4. The first-order valence-corrected chi connectivity index (χ1v) is 14.7. The second-order valence-electron chi connectivity index (χ2n) is 10.0. The monoisotopic (exact) mass is 596 g/mol. The molecule has 0 N–H and O–H groups in total. The molecule has 2 aromatic heterocycles. The molecule has 0 aliphatic carbocycles. The van der Waals surface area contributed by atoms with Crippen molar-refractivity contribution in [2.75, 3.05) is 9.80 Å². The van der Waals surface area contributed by atoms with Crippen molar-refractivity contribution >= 4 is 58.5 Å². The number of carbonyl (C=O) groups is 4. The quantitative estimate of drug-likeness (QED) is 0.377. The molecule has 2 aliphatic rings. The lowest BCUT2D eigenvalue weighted by Gasteiger charge is -2.19. The molecule has 12 heteroatoms. The third-order valence-electron chi connectivity index (χ3n) is 6.91. The summed E-state index contributed by atoms with van der Waals surface area (Å²) in [6.07, 6.45) is -0.171. The molecule has 5 rings (SSSR count). The Labute approximate surface area is 250 Å². The number of anilines is 2. The van der Waals surface area contributed by atoms with Gasteiger partial charge in [0.25, 0.3) is 0 Å². The van der Waals surface area contributed by atoms with Gasteiger partial charge >= 0.3 is 0 Å². The van der Waals surface area contributed by atoms with Gasteiger partial charge < -0.3 is 0 Å². The van der Waals surface area contributed by atoms with Gasteiger partial charge in [-0.25, -0.2) is 19.8 Å². The molecule has 10 nitrogen and oxygen atoms in total. The van der Waals surface area contributed by atoms with Crippen LogP contribution in [0.3, 0.4) is 0 Å². The largest absolute Gasteiger partial charge is 0.274 e. The third kappa shape index (κ3) is 5.27. The highest BCUT2D eigenvalue weighted by molar-refractivity contribution is 8.01. The molecule has 1 aromatic carbocycles. The number of imide groups is 2. The molecule has 0 saturated carbocycles. The maximum Gasteiger partial charge on any atom is 0.247 e. The van der Waals surface area contributed by atoms with Crippen LogP contribution in [0.5, 0.6) is 0 Å². The topological polar surface area (TPSA) is 148 Å². The molecule has 0 bridgehead atoms. The summed E-state index contributed by atoms with van der Waals surface area (Å²) >= 11 is 2.16. The fourth-order valence-corrected chi connectivity index (χ4v) is 7.47. The average Bonchev–Trinajstić information content (AvgIpc) is 3.36. The summed E-state index contributed by atoms with van der Waals surface area (Å²) in [5, 5.41) is 18.4. The Kier molecular flexibility index (Phi) is 7.87. The molecule has 2 fully saturated rings. The zero-order valence-corrected chi connectivity index (χ0v) is 24.8. The Morgan fingerprint density at radius 3 is 1.50 bits per heavy atom. The van der Waals surface area contributed by atoms with Crippen LogP contribution < -0.4 is 9.80 Å². The zero-order chi connectivity index (χ0) is 30.3. The highest BCUT2D eigenvalue weighted by atomic mass is 32.2. The van der Waals surface area contributed by atoms with Gasteiger partial charge in [0.1, 0.15) is 22.2 Å². The lowest BCUT2D eigenvalue weighted by Crippen LogP contribution is -2.33. The Morgan fingerprint density at radius 2 is 1.12 bits per heavy atom. The maximum atomic E-state index is 13.4. The number of amides is 4. The average molecular weight is 597 g/mol. The Bertz CT molecular complexity index is 1650. The van der Waals surface area contributed by atoms with Crippen LogP contribution in [0.2, 0.25) is 0 Å². The molecular formula is C30H24N6O4S2. The SMILES string of the molecule is Cc1cc(C)c(C#N)c(S[C@@H]2CC(=O)N(c3cccc(N4C(=O)C[C@@H](Sc5nc(C)cc(C)c5C#N)C4=O)c3)C2=O)n1. The van der Waals surface area contributed by atoms with Crippen molar-refractivity contribution in [3.8, 4) is 12.1 Å². The predicted octanol–water partition coefficient (Wildman–Crippen LogP) is 4.30. The van der Waals surface area contributed by atoms with E-state index >= 15 is 0 Å². The Balaban J connectivity index is 1.38. The molecule has 2 atom stereocenters. The van der Waals surface area contributed by atoms with E-state index in [-0.39, 0.29) is 24.2 Å². The maximum absolute atomic E-state index is 13.4. The molecule has 4 amide bonds. The number of benzene rings is 1. The summed E-state index contributed by atoms with van der Waals surface area (Å²) < 4.78 is 0. The summed E-state index contributed by atoms with van der Waals surface area (Å²) in [5.74, 6) is -1.81. The van der Waals surface area contributed by atoms with Crippen LogP contribution in [0.25, 0.3) is 0 Å². The normalized spacial score (nSPS) is 18.5. The van der Waals surface area contributed by atoms with E-state index in [1.807, 2.05) is 0 Å². The van der Waals surface area contributed by atoms with E-state index in [1.54, 1.807) is 58.0 Å². The summed E-state index contributed by atoms with van der Waals surface area (Å²) in [4.78, 5) is 63.8. The summed E-state index contributed by atoms with van der Waals surface area (Å²) in [5.41, 5.74) is 4.07. The molecular weight excluding hydrogens is 573 g/mol. The molecule has 210 valence electrons. The van der Waals surface area contributed by atoms with Crippen LogP contribution in [0, 0.1) is 50.4 Å². The molecule has 2 aliphatic heterocycles. The lowest BCUT2D eigenvalue weighted by atomic mass is 10.1. The van der Waals surface area contributed by atoms with Crippen LogP contribution in [0.4, 0.5) is 11.4 Å². The number of aromatic nitrogens is 2. The highest BCUT2D eigenvalue weighted by Crippen LogP contribution is 2.39. The van der Waals surface area contributed by atoms with E-state index in [4.69, 9.17) is 0 Å². The number of carbonyl (C=O) groups excluding carboxylic acids is 4. The lowest BCUT2D eigenvalue weighted by molar-refractivity contribution is -0.122. The minimum Gasteiger partial charge on any atom is -0.274 e.